The quantitative estimate of drug-likeness (QED) is 0.658. The van der Waals surface area contributed by atoms with Gasteiger partial charge < -0.3 is 5.32 Å². The summed E-state index contributed by atoms with van der Waals surface area (Å²) in [5.74, 6) is -0.513. The third-order valence-electron chi connectivity index (χ3n) is 5.10. The zero-order valence-corrected chi connectivity index (χ0v) is 18.0. The van der Waals surface area contributed by atoms with Gasteiger partial charge in [-0.05, 0) is 43.3 Å². The van der Waals surface area contributed by atoms with Gasteiger partial charge in [-0.15, -0.1) is 0 Å². The van der Waals surface area contributed by atoms with Crippen LogP contribution in [0.4, 0.5) is 18.9 Å². The lowest BCUT2D eigenvalue weighted by Crippen LogP contribution is -2.50. The van der Waals surface area contributed by atoms with E-state index < -0.39 is 21.8 Å². The number of benzene rings is 2. The van der Waals surface area contributed by atoms with Gasteiger partial charge >= 0.3 is 6.18 Å². The molecule has 1 aliphatic heterocycles. The summed E-state index contributed by atoms with van der Waals surface area (Å²) in [6.07, 6.45) is -4.54. The Balaban J connectivity index is 1.58. The van der Waals surface area contributed by atoms with Crippen molar-refractivity contribution in [1.29, 1.82) is 0 Å². The number of piperazine rings is 1. The molecule has 32 heavy (non-hydrogen) atoms. The average Bonchev–Trinajstić information content (AvgIpc) is 2.74. The molecule has 0 saturated carbocycles. The fourth-order valence-electron chi connectivity index (χ4n) is 3.38. The Bertz CT molecular complexity index is 1090. The zero-order chi connectivity index (χ0) is 23.5. The Morgan fingerprint density at radius 3 is 2.12 bits per heavy atom. The maximum Gasteiger partial charge on any atom is 0.416 e. The van der Waals surface area contributed by atoms with Crippen LogP contribution in [0.1, 0.15) is 22.8 Å². The van der Waals surface area contributed by atoms with E-state index in [4.69, 9.17) is 0 Å². The number of anilines is 1. The number of alkyl halides is 3. The largest absolute Gasteiger partial charge is 0.416 e. The van der Waals surface area contributed by atoms with Crippen molar-refractivity contribution in [2.75, 3.05) is 38.0 Å². The number of sulfonamides is 1. The fraction of sp³-hybridized carbons (Fsp3) is 0.333. The molecule has 1 aliphatic rings. The van der Waals surface area contributed by atoms with Gasteiger partial charge in [0.05, 0.1) is 22.7 Å². The maximum atomic E-state index is 12.7. The second-order valence-electron chi connectivity index (χ2n) is 7.35. The molecule has 2 aromatic rings. The second-order valence-corrected chi connectivity index (χ2v) is 9.29. The Labute approximate surface area is 183 Å². The second kappa shape index (κ2) is 9.39. The topological polar surface area (TPSA) is 86.8 Å². The first-order chi connectivity index (χ1) is 15.0. The summed E-state index contributed by atoms with van der Waals surface area (Å²) in [4.78, 5) is 25.6. The van der Waals surface area contributed by atoms with Crippen molar-refractivity contribution in [3.63, 3.8) is 0 Å². The molecule has 1 fully saturated rings. The third-order valence-corrected chi connectivity index (χ3v) is 7.01. The minimum absolute atomic E-state index is 0.0143. The summed E-state index contributed by atoms with van der Waals surface area (Å²) in [6, 6.07) is 10.0. The van der Waals surface area contributed by atoms with Crippen LogP contribution in [0.25, 0.3) is 0 Å². The lowest BCUT2D eigenvalue weighted by molar-refractivity contribution is -0.137. The predicted octanol–water partition coefficient (Wildman–Crippen LogP) is 2.85. The number of nitrogens with one attached hydrogen (secondary N) is 1. The number of nitrogens with zero attached hydrogens (tertiary/aromatic N) is 2. The molecule has 0 aromatic heterocycles. The van der Waals surface area contributed by atoms with E-state index in [2.05, 4.69) is 5.32 Å². The molecule has 0 spiro atoms. The Hall–Kier alpha value is -2.76. The first kappa shape index (κ1) is 23.9. The molecule has 0 aliphatic carbocycles. The normalized spacial score (nSPS) is 16.0. The van der Waals surface area contributed by atoms with Crippen molar-refractivity contribution in [3.05, 3.63) is 59.7 Å². The molecule has 11 heteroatoms. The van der Waals surface area contributed by atoms with Crippen molar-refractivity contribution in [3.8, 4) is 0 Å². The van der Waals surface area contributed by atoms with Gasteiger partial charge in [-0.1, -0.05) is 12.1 Å². The lowest BCUT2D eigenvalue weighted by Gasteiger charge is -2.33. The summed E-state index contributed by atoms with van der Waals surface area (Å²) in [6.45, 7) is 2.17. The predicted molar refractivity (Wildman–Crippen MR) is 112 cm³/mol. The first-order valence-electron chi connectivity index (χ1n) is 9.78. The summed E-state index contributed by atoms with van der Waals surface area (Å²) in [7, 11) is -3.94. The number of halogens is 3. The van der Waals surface area contributed by atoms with Crippen LogP contribution in [0.3, 0.4) is 0 Å². The zero-order valence-electron chi connectivity index (χ0n) is 17.2. The van der Waals surface area contributed by atoms with Gasteiger partial charge in [0, 0.05) is 31.7 Å². The average molecular weight is 469 g/mol. The highest BCUT2D eigenvalue weighted by Crippen LogP contribution is 2.30. The fourth-order valence-corrected chi connectivity index (χ4v) is 4.81. The molecule has 2 aromatic carbocycles. The molecule has 7 nitrogen and oxygen atoms in total. The Morgan fingerprint density at radius 2 is 1.56 bits per heavy atom. The maximum absolute atomic E-state index is 12.7. The summed E-state index contributed by atoms with van der Waals surface area (Å²) >= 11 is 0. The lowest BCUT2D eigenvalue weighted by atomic mass is 10.1. The van der Waals surface area contributed by atoms with E-state index in [-0.39, 0.29) is 49.3 Å². The summed E-state index contributed by atoms with van der Waals surface area (Å²) < 4.78 is 64.8. The number of rotatable bonds is 6. The van der Waals surface area contributed by atoms with E-state index in [0.717, 1.165) is 24.3 Å². The smallest absolute Gasteiger partial charge is 0.324 e. The van der Waals surface area contributed by atoms with Crippen molar-refractivity contribution in [2.24, 2.45) is 0 Å². The van der Waals surface area contributed by atoms with Gasteiger partial charge in [-0.25, -0.2) is 8.42 Å². The number of para-hydroxylation sites is 1. The highest BCUT2D eigenvalue weighted by molar-refractivity contribution is 7.89. The van der Waals surface area contributed by atoms with Gasteiger partial charge in [-0.2, -0.15) is 17.5 Å². The monoisotopic (exact) mass is 469 g/mol. The van der Waals surface area contributed by atoms with Crippen LogP contribution < -0.4 is 5.32 Å². The molecule has 0 atom stereocenters. The molecular weight excluding hydrogens is 447 g/mol. The van der Waals surface area contributed by atoms with Crippen molar-refractivity contribution >= 4 is 27.4 Å². The summed E-state index contributed by atoms with van der Waals surface area (Å²) in [5, 5.41) is 2.70. The minimum atomic E-state index is -4.54. The molecule has 1 amide bonds. The molecule has 0 unspecified atom stereocenters. The van der Waals surface area contributed by atoms with Crippen molar-refractivity contribution < 1.29 is 31.2 Å². The minimum Gasteiger partial charge on any atom is -0.324 e. The van der Waals surface area contributed by atoms with E-state index >= 15 is 0 Å². The molecule has 1 N–H and O–H groups in total. The number of ketones is 1. The highest BCUT2D eigenvalue weighted by atomic mass is 32.2. The SMILES string of the molecule is CC(=O)c1ccccc1NC(=O)CN1CCN(S(=O)(=O)c2ccc(C(F)(F)F)cc2)CC1. The number of amides is 1. The first-order valence-corrected chi connectivity index (χ1v) is 11.2. The van der Waals surface area contributed by atoms with Crippen LogP contribution in [-0.2, 0) is 21.0 Å². The van der Waals surface area contributed by atoms with Crippen LogP contribution in [0.5, 0.6) is 0 Å². The number of Topliss-reactive ketones (excluding diaryl/α,β-unsaturated/α-hetero) is 1. The molecular formula is C21H22F3N3O4S. The van der Waals surface area contributed by atoms with Crippen molar-refractivity contribution in [2.45, 2.75) is 18.0 Å². The van der Waals surface area contributed by atoms with E-state index in [1.54, 1.807) is 29.2 Å². The van der Waals surface area contributed by atoms with Gasteiger partial charge in [-0.3, -0.25) is 14.5 Å². The molecule has 0 radical (unpaired) electrons. The van der Waals surface area contributed by atoms with Crippen LogP contribution in [0.2, 0.25) is 0 Å². The highest BCUT2D eigenvalue weighted by Gasteiger charge is 2.32. The number of carbonyl (C=O) groups is 2. The molecule has 172 valence electrons. The number of hydrogen-bond acceptors (Lipinski definition) is 5. The van der Waals surface area contributed by atoms with Crippen LogP contribution in [0, 0.1) is 0 Å². The van der Waals surface area contributed by atoms with Gasteiger partial charge in [0.25, 0.3) is 0 Å². The number of carbonyl (C=O) groups excluding carboxylic acids is 2. The van der Waals surface area contributed by atoms with Crippen LogP contribution >= 0.6 is 0 Å². The molecule has 3 rings (SSSR count). The van der Waals surface area contributed by atoms with E-state index in [9.17, 15) is 31.2 Å². The Morgan fingerprint density at radius 1 is 0.969 bits per heavy atom. The summed E-state index contributed by atoms with van der Waals surface area (Å²) in [5.41, 5.74) is -0.111. The van der Waals surface area contributed by atoms with Gasteiger partial charge in [0.15, 0.2) is 5.78 Å². The van der Waals surface area contributed by atoms with E-state index in [1.165, 1.54) is 11.2 Å². The standard InChI is InChI=1S/C21H22F3N3O4S/c1-15(28)18-4-2-3-5-19(18)25-20(29)14-26-10-12-27(13-11-26)32(30,31)17-8-6-16(7-9-17)21(22,23)24/h2-9H,10-14H2,1H3,(H,25,29). The van der Waals surface area contributed by atoms with Gasteiger partial charge in [0.1, 0.15) is 0 Å². The van der Waals surface area contributed by atoms with Gasteiger partial charge in [0.2, 0.25) is 15.9 Å². The number of hydrogen-bond donors (Lipinski definition) is 1. The van der Waals surface area contributed by atoms with Crippen LogP contribution in [0.15, 0.2) is 53.4 Å². The molecule has 1 heterocycles. The van der Waals surface area contributed by atoms with Crippen molar-refractivity contribution in [1.82, 2.24) is 9.21 Å². The van der Waals surface area contributed by atoms with E-state index in [0.29, 0.717) is 11.3 Å². The molecule has 0 bridgehead atoms. The Kier molecular flexibility index (Phi) is 7.01. The molecule has 1 saturated heterocycles. The van der Waals surface area contributed by atoms with Crippen LogP contribution in [-0.4, -0.2) is 62.0 Å². The van der Waals surface area contributed by atoms with E-state index in [1.807, 2.05) is 0 Å². The third kappa shape index (κ3) is 5.53.